The Morgan fingerprint density at radius 3 is 2.38 bits per heavy atom. The number of ether oxygens (including phenoxy) is 2. The molecule has 2 aromatic heterocycles. The van der Waals surface area contributed by atoms with Gasteiger partial charge < -0.3 is 20.1 Å². The van der Waals surface area contributed by atoms with E-state index in [1.807, 2.05) is 26.8 Å². The normalized spacial score (nSPS) is 16.4. The SMILES string of the molecule is CC(C)(C)OC(=O)NC1CCC(Nc2nccc(-c3cnccc3Oc3ccc(S(=O)(=O)Nc4ccc(C#N)cc4)cc3F)n2)CC1. The Balaban J connectivity index is 1.24. The Bertz CT molecular complexity index is 1880. The summed E-state index contributed by atoms with van der Waals surface area (Å²) in [5, 5.41) is 15.2. The fourth-order valence-corrected chi connectivity index (χ4v) is 6.03. The summed E-state index contributed by atoms with van der Waals surface area (Å²) < 4.78 is 54.5. The van der Waals surface area contributed by atoms with Crippen molar-refractivity contribution in [2.75, 3.05) is 10.0 Å². The van der Waals surface area contributed by atoms with Crippen molar-refractivity contribution in [3.63, 3.8) is 0 Å². The number of halogens is 1. The zero-order chi connectivity index (χ0) is 33.6. The van der Waals surface area contributed by atoms with Crippen LogP contribution in [0.5, 0.6) is 11.5 Å². The van der Waals surface area contributed by atoms with Gasteiger partial charge in [0.15, 0.2) is 11.6 Å². The average Bonchev–Trinajstić information content (AvgIpc) is 3.02. The molecule has 4 aromatic rings. The summed E-state index contributed by atoms with van der Waals surface area (Å²) in [5.41, 5.74) is 1.00. The van der Waals surface area contributed by atoms with Gasteiger partial charge in [-0.05, 0) is 101 Å². The highest BCUT2D eigenvalue weighted by Crippen LogP contribution is 2.34. The van der Waals surface area contributed by atoms with Gasteiger partial charge in [0.05, 0.1) is 27.8 Å². The van der Waals surface area contributed by atoms with Gasteiger partial charge in [-0.25, -0.2) is 27.6 Å². The van der Waals surface area contributed by atoms with Gasteiger partial charge in [-0.15, -0.1) is 0 Å². The third kappa shape index (κ3) is 8.92. The Morgan fingerprint density at radius 1 is 0.979 bits per heavy atom. The van der Waals surface area contributed by atoms with Gasteiger partial charge >= 0.3 is 6.09 Å². The van der Waals surface area contributed by atoms with Crippen LogP contribution < -0.4 is 20.1 Å². The molecule has 47 heavy (non-hydrogen) atoms. The Hall–Kier alpha value is -5.29. The first kappa shape index (κ1) is 33.1. The Labute approximate surface area is 272 Å². The van der Waals surface area contributed by atoms with Crippen LogP contribution in [0.2, 0.25) is 0 Å². The summed E-state index contributed by atoms with van der Waals surface area (Å²) >= 11 is 0. The van der Waals surface area contributed by atoms with Crippen molar-refractivity contribution in [1.29, 1.82) is 5.26 Å². The molecule has 0 unspecified atom stereocenters. The second kappa shape index (κ2) is 14.0. The van der Waals surface area contributed by atoms with Crippen molar-refractivity contribution in [1.82, 2.24) is 20.3 Å². The van der Waals surface area contributed by atoms with Gasteiger partial charge in [0.2, 0.25) is 5.95 Å². The number of carbonyl (C=O) groups excluding carboxylic acids is 1. The van der Waals surface area contributed by atoms with Crippen LogP contribution in [-0.4, -0.2) is 47.1 Å². The second-order valence-electron chi connectivity index (χ2n) is 12.0. The molecule has 0 atom stereocenters. The maximum Gasteiger partial charge on any atom is 0.407 e. The number of pyridine rings is 1. The first-order valence-corrected chi connectivity index (χ1v) is 16.4. The van der Waals surface area contributed by atoms with Crippen molar-refractivity contribution in [3.8, 4) is 28.8 Å². The summed E-state index contributed by atoms with van der Waals surface area (Å²) in [5.74, 6) is -0.434. The molecule has 1 amide bonds. The number of alkyl carbamates (subject to hydrolysis) is 1. The molecule has 244 valence electrons. The molecule has 2 heterocycles. The predicted molar refractivity (Wildman–Crippen MR) is 173 cm³/mol. The fraction of sp³-hybridized carbons (Fsp3) is 0.303. The van der Waals surface area contributed by atoms with E-state index in [9.17, 15) is 13.2 Å². The van der Waals surface area contributed by atoms with Crippen LogP contribution >= 0.6 is 0 Å². The fourth-order valence-electron chi connectivity index (χ4n) is 4.96. The Kier molecular flexibility index (Phi) is 9.86. The molecule has 0 saturated heterocycles. The zero-order valence-electron chi connectivity index (χ0n) is 26.0. The van der Waals surface area contributed by atoms with E-state index < -0.39 is 27.5 Å². The third-order valence-electron chi connectivity index (χ3n) is 7.19. The van der Waals surface area contributed by atoms with E-state index in [2.05, 4.69) is 30.3 Å². The number of benzene rings is 2. The molecule has 0 bridgehead atoms. The molecule has 1 saturated carbocycles. The highest BCUT2D eigenvalue weighted by Gasteiger charge is 2.25. The summed E-state index contributed by atoms with van der Waals surface area (Å²) in [7, 11) is -4.12. The quantitative estimate of drug-likeness (QED) is 0.183. The number of rotatable bonds is 9. The topological polar surface area (TPSA) is 168 Å². The van der Waals surface area contributed by atoms with Gasteiger partial charge in [0, 0.05) is 36.4 Å². The van der Waals surface area contributed by atoms with Crippen LogP contribution in [0.25, 0.3) is 11.3 Å². The van der Waals surface area contributed by atoms with E-state index in [-0.39, 0.29) is 34.2 Å². The highest BCUT2D eigenvalue weighted by molar-refractivity contribution is 7.92. The van der Waals surface area contributed by atoms with Crippen molar-refractivity contribution in [3.05, 3.63) is 84.6 Å². The maximum absolute atomic E-state index is 15.2. The Morgan fingerprint density at radius 2 is 1.70 bits per heavy atom. The largest absolute Gasteiger partial charge is 0.453 e. The first-order valence-electron chi connectivity index (χ1n) is 14.9. The van der Waals surface area contributed by atoms with Gasteiger partial charge in [-0.3, -0.25) is 9.71 Å². The van der Waals surface area contributed by atoms with Crippen LogP contribution in [0, 0.1) is 17.1 Å². The number of nitrogens with one attached hydrogen (secondary N) is 3. The van der Waals surface area contributed by atoms with Crippen molar-refractivity contribution in [2.24, 2.45) is 0 Å². The van der Waals surface area contributed by atoms with Gasteiger partial charge in [0.25, 0.3) is 10.0 Å². The molecular weight excluding hydrogens is 625 g/mol. The van der Waals surface area contributed by atoms with E-state index in [0.717, 1.165) is 31.7 Å². The third-order valence-corrected chi connectivity index (χ3v) is 8.57. The van der Waals surface area contributed by atoms with E-state index >= 15 is 4.39 Å². The average molecular weight is 660 g/mol. The molecular formula is C33H34FN7O5S. The van der Waals surface area contributed by atoms with E-state index in [1.54, 1.807) is 18.3 Å². The lowest BCUT2D eigenvalue weighted by Gasteiger charge is -2.30. The monoisotopic (exact) mass is 659 g/mol. The summed E-state index contributed by atoms with van der Waals surface area (Å²) in [6, 6.07) is 14.5. The van der Waals surface area contributed by atoms with Crippen LogP contribution in [0.15, 0.2) is 78.1 Å². The molecule has 12 nitrogen and oxygen atoms in total. The first-order chi connectivity index (χ1) is 22.4. The molecule has 3 N–H and O–H groups in total. The number of sulfonamides is 1. The summed E-state index contributed by atoms with van der Waals surface area (Å²) in [4.78, 5) is 25.0. The van der Waals surface area contributed by atoms with Crippen LogP contribution in [-0.2, 0) is 14.8 Å². The lowest BCUT2D eigenvalue weighted by molar-refractivity contribution is 0.0492. The molecule has 14 heteroatoms. The van der Waals surface area contributed by atoms with Crippen LogP contribution in [0.3, 0.4) is 0 Å². The maximum atomic E-state index is 15.2. The van der Waals surface area contributed by atoms with Crippen molar-refractivity contribution in [2.45, 2.75) is 69.0 Å². The van der Waals surface area contributed by atoms with E-state index in [1.165, 1.54) is 48.8 Å². The van der Waals surface area contributed by atoms with Crippen LogP contribution in [0.1, 0.15) is 52.0 Å². The minimum absolute atomic E-state index is 0.0265. The minimum atomic E-state index is -4.12. The van der Waals surface area contributed by atoms with Crippen LogP contribution in [0.4, 0.5) is 20.8 Å². The van der Waals surface area contributed by atoms with Gasteiger partial charge in [0.1, 0.15) is 11.4 Å². The highest BCUT2D eigenvalue weighted by atomic mass is 32.2. The molecule has 1 aliphatic rings. The van der Waals surface area contributed by atoms with E-state index in [0.29, 0.717) is 22.8 Å². The number of hydrogen-bond acceptors (Lipinski definition) is 10. The number of anilines is 2. The number of carbonyl (C=O) groups is 1. The lowest BCUT2D eigenvalue weighted by atomic mass is 9.91. The van der Waals surface area contributed by atoms with Crippen molar-refractivity contribution >= 4 is 27.8 Å². The number of aromatic nitrogens is 3. The summed E-state index contributed by atoms with van der Waals surface area (Å²) in [6.45, 7) is 5.48. The molecule has 0 radical (unpaired) electrons. The molecule has 1 fully saturated rings. The summed E-state index contributed by atoms with van der Waals surface area (Å²) in [6.07, 6.45) is 7.33. The minimum Gasteiger partial charge on any atom is -0.453 e. The number of nitriles is 1. The molecule has 5 rings (SSSR count). The lowest BCUT2D eigenvalue weighted by Crippen LogP contribution is -2.42. The molecule has 1 aliphatic carbocycles. The van der Waals surface area contributed by atoms with Gasteiger partial charge in [-0.1, -0.05) is 0 Å². The molecule has 0 aliphatic heterocycles. The zero-order valence-corrected chi connectivity index (χ0v) is 26.8. The van der Waals surface area contributed by atoms with E-state index in [4.69, 9.17) is 14.7 Å². The number of amides is 1. The number of hydrogen-bond donors (Lipinski definition) is 3. The molecule has 0 spiro atoms. The predicted octanol–water partition coefficient (Wildman–Crippen LogP) is 6.39. The smallest absolute Gasteiger partial charge is 0.407 e. The second-order valence-corrected chi connectivity index (χ2v) is 13.6. The number of nitrogens with zero attached hydrogens (tertiary/aromatic N) is 4. The molecule has 2 aromatic carbocycles. The van der Waals surface area contributed by atoms with Gasteiger partial charge in [-0.2, -0.15) is 5.26 Å². The van der Waals surface area contributed by atoms with Crippen molar-refractivity contribution < 1.29 is 27.1 Å². The standard InChI is InChI=1S/C33H34FN7O5S/c1-33(2,3)46-32(42)39-23-10-8-22(9-11-23)38-31-37-17-14-28(40-31)26-20-36-16-15-29(26)45-30-13-12-25(18-27(30)34)47(43,44)41-24-6-4-21(19-35)5-7-24/h4-7,12-18,20,22-23,41H,8-11H2,1-3H3,(H,39,42)(H,37,38,40).